The predicted molar refractivity (Wildman–Crippen MR) is 87.5 cm³/mol. The Labute approximate surface area is 123 Å². The first-order valence-corrected chi connectivity index (χ1v) is 7.76. The summed E-state index contributed by atoms with van der Waals surface area (Å²) in [5.74, 6) is 0.873. The van der Waals surface area contributed by atoms with Crippen molar-refractivity contribution >= 4 is 5.69 Å². The van der Waals surface area contributed by atoms with E-state index in [0.717, 1.165) is 17.9 Å². The number of nitrogens with two attached hydrogens (primary N) is 1. The smallest absolute Gasteiger partial charge is 0.120 e. The molecule has 3 heteroatoms. The zero-order valence-electron chi connectivity index (χ0n) is 13.2. The van der Waals surface area contributed by atoms with Gasteiger partial charge in [-0.25, -0.2) is 0 Å². The van der Waals surface area contributed by atoms with E-state index >= 15 is 0 Å². The van der Waals surface area contributed by atoms with E-state index in [9.17, 15) is 0 Å². The van der Waals surface area contributed by atoms with Crippen LogP contribution in [0.4, 0.5) is 5.69 Å². The Balaban J connectivity index is 2.50. The van der Waals surface area contributed by atoms with Gasteiger partial charge < -0.3 is 15.8 Å². The molecule has 20 heavy (non-hydrogen) atoms. The average Bonchev–Trinajstić information content (AvgIpc) is 2.47. The third-order valence-electron chi connectivity index (χ3n) is 3.80. The van der Waals surface area contributed by atoms with E-state index in [0.29, 0.717) is 6.54 Å². The maximum Gasteiger partial charge on any atom is 0.120 e. The number of hydrogen-bond donors (Lipinski definition) is 2. The Hall–Kier alpha value is -1.22. The highest BCUT2D eigenvalue weighted by atomic mass is 16.5. The molecule has 1 atom stereocenters. The molecule has 0 radical (unpaired) electrons. The lowest BCUT2D eigenvalue weighted by atomic mass is 9.93. The predicted octanol–water partition coefficient (Wildman–Crippen LogP) is 4.19. The topological polar surface area (TPSA) is 47.3 Å². The Morgan fingerprint density at radius 2 is 1.95 bits per heavy atom. The summed E-state index contributed by atoms with van der Waals surface area (Å²) in [4.78, 5) is 0. The van der Waals surface area contributed by atoms with Gasteiger partial charge in [0, 0.05) is 23.8 Å². The zero-order chi connectivity index (χ0) is 14.8. The van der Waals surface area contributed by atoms with Gasteiger partial charge in [0.25, 0.3) is 0 Å². The summed E-state index contributed by atoms with van der Waals surface area (Å²) in [5, 5.41) is 3.57. The van der Waals surface area contributed by atoms with Gasteiger partial charge >= 0.3 is 0 Å². The van der Waals surface area contributed by atoms with Gasteiger partial charge in [-0.15, -0.1) is 0 Å². The van der Waals surface area contributed by atoms with Crippen LogP contribution in [0.3, 0.4) is 0 Å². The molecule has 1 aromatic rings. The van der Waals surface area contributed by atoms with E-state index < -0.39 is 0 Å². The molecule has 0 aliphatic heterocycles. The zero-order valence-corrected chi connectivity index (χ0v) is 13.2. The van der Waals surface area contributed by atoms with Crippen LogP contribution >= 0.6 is 0 Å². The van der Waals surface area contributed by atoms with Gasteiger partial charge in [-0.3, -0.25) is 0 Å². The fourth-order valence-electron chi connectivity index (χ4n) is 2.38. The molecule has 0 heterocycles. The summed E-state index contributed by atoms with van der Waals surface area (Å²) < 4.78 is 5.26. The molecule has 114 valence electrons. The highest BCUT2D eigenvalue weighted by Crippen LogP contribution is 2.23. The van der Waals surface area contributed by atoms with Crippen LogP contribution in [0.2, 0.25) is 0 Å². The first-order chi connectivity index (χ1) is 9.63. The molecule has 0 aliphatic rings. The number of methoxy groups -OCH3 is 1. The third-order valence-corrected chi connectivity index (χ3v) is 3.80. The van der Waals surface area contributed by atoms with Crippen LogP contribution in [-0.2, 0) is 0 Å². The largest absolute Gasteiger partial charge is 0.497 e. The number of benzene rings is 1. The van der Waals surface area contributed by atoms with Crippen LogP contribution < -0.4 is 15.8 Å². The van der Waals surface area contributed by atoms with Gasteiger partial charge in [0.05, 0.1) is 7.11 Å². The van der Waals surface area contributed by atoms with Crippen molar-refractivity contribution in [1.29, 1.82) is 0 Å². The number of ether oxygens (including phenoxy) is 1. The van der Waals surface area contributed by atoms with E-state index in [1.54, 1.807) is 7.11 Å². The van der Waals surface area contributed by atoms with E-state index in [1.165, 1.54) is 32.1 Å². The standard InChI is InChI=1S/C17H30N2O/c1-4-5-6-7-8-12-17(2,14-18)19-15-10-9-11-16(13-15)20-3/h9-11,13,19H,4-8,12,14,18H2,1-3H3. The van der Waals surface area contributed by atoms with Gasteiger partial charge in [0.15, 0.2) is 0 Å². The summed E-state index contributed by atoms with van der Waals surface area (Å²) in [7, 11) is 1.69. The minimum absolute atomic E-state index is 0.0431. The van der Waals surface area contributed by atoms with Crippen LogP contribution in [0.25, 0.3) is 0 Å². The van der Waals surface area contributed by atoms with Crippen LogP contribution in [0, 0.1) is 0 Å². The van der Waals surface area contributed by atoms with Crippen LogP contribution in [-0.4, -0.2) is 19.2 Å². The molecule has 3 nitrogen and oxygen atoms in total. The molecule has 0 bridgehead atoms. The van der Waals surface area contributed by atoms with E-state index in [-0.39, 0.29) is 5.54 Å². The molecular formula is C17H30N2O. The first-order valence-electron chi connectivity index (χ1n) is 7.76. The second-order valence-corrected chi connectivity index (χ2v) is 5.79. The minimum atomic E-state index is -0.0431. The van der Waals surface area contributed by atoms with Crippen molar-refractivity contribution in [3.63, 3.8) is 0 Å². The number of anilines is 1. The molecule has 1 unspecified atom stereocenters. The van der Waals surface area contributed by atoms with Gasteiger partial charge in [0.1, 0.15) is 5.75 Å². The van der Waals surface area contributed by atoms with Gasteiger partial charge in [-0.2, -0.15) is 0 Å². The Morgan fingerprint density at radius 3 is 2.60 bits per heavy atom. The quantitative estimate of drug-likeness (QED) is 0.631. The summed E-state index contributed by atoms with van der Waals surface area (Å²) >= 11 is 0. The van der Waals surface area contributed by atoms with Crippen molar-refractivity contribution in [2.24, 2.45) is 5.73 Å². The molecule has 0 saturated heterocycles. The van der Waals surface area contributed by atoms with Gasteiger partial charge in [-0.05, 0) is 25.5 Å². The lowest BCUT2D eigenvalue weighted by Gasteiger charge is -2.31. The van der Waals surface area contributed by atoms with Gasteiger partial charge in [-0.1, -0.05) is 45.1 Å². The van der Waals surface area contributed by atoms with Crippen molar-refractivity contribution < 1.29 is 4.74 Å². The monoisotopic (exact) mass is 278 g/mol. The number of unbranched alkanes of at least 4 members (excludes halogenated alkanes) is 4. The Kier molecular flexibility index (Phi) is 7.45. The molecule has 0 amide bonds. The summed E-state index contributed by atoms with van der Waals surface area (Å²) in [6, 6.07) is 8.04. The van der Waals surface area contributed by atoms with Crippen molar-refractivity contribution in [1.82, 2.24) is 0 Å². The minimum Gasteiger partial charge on any atom is -0.497 e. The molecule has 3 N–H and O–H groups in total. The van der Waals surface area contributed by atoms with Crippen LogP contribution in [0.1, 0.15) is 52.4 Å². The molecule has 0 fully saturated rings. The molecule has 0 aromatic heterocycles. The number of hydrogen-bond acceptors (Lipinski definition) is 3. The molecule has 0 spiro atoms. The molecule has 0 saturated carbocycles. The van der Waals surface area contributed by atoms with Crippen LogP contribution in [0.15, 0.2) is 24.3 Å². The normalized spacial score (nSPS) is 13.8. The molecule has 1 aromatic carbocycles. The molecule has 0 aliphatic carbocycles. The summed E-state index contributed by atoms with van der Waals surface area (Å²) in [6.45, 7) is 5.08. The van der Waals surface area contributed by atoms with Crippen LogP contribution in [0.5, 0.6) is 5.75 Å². The fraction of sp³-hybridized carbons (Fsp3) is 0.647. The number of rotatable bonds is 10. The second kappa shape index (κ2) is 8.85. The lowest BCUT2D eigenvalue weighted by Crippen LogP contribution is -2.42. The SMILES string of the molecule is CCCCCCCC(C)(CN)Nc1cccc(OC)c1. The van der Waals surface area contributed by atoms with Crippen molar-refractivity contribution in [2.45, 2.75) is 57.9 Å². The molecular weight excluding hydrogens is 248 g/mol. The maximum atomic E-state index is 5.97. The van der Waals surface area contributed by atoms with E-state index in [4.69, 9.17) is 10.5 Å². The Morgan fingerprint density at radius 1 is 1.20 bits per heavy atom. The lowest BCUT2D eigenvalue weighted by molar-refractivity contribution is 0.414. The van der Waals surface area contributed by atoms with Gasteiger partial charge in [0.2, 0.25) is 0 Å². The van der Waals surface area contributed by atoms with Crippen molar-refractivity contribution in [2.75, 3.05) is 19.0 Å². The van der Waals surface area contributed by atoms with Crippen molar-refractivity contribution in [3.8, 4) is 5.75 Å². The second-order valence-electron chi connectivity index (χ2n) is 5.79. The average molecular weight is 278 g/mol. The first kappa shape index (κ1) is 16.8. The molecule has 1 rings (SSSR count). The fourth-order valence-corrected chi connectivity index (χ4v) is 2.38. The Bertz CT molecular complexity index is 381. The highest BCUT2D eigenvalue weighted by Gasteiger charge is 2.21. The number of nitrogens with one attached hydrogen (secondary N) is 1. The van der Waals surface area contributed by atoms with E-state index in [1.807, 2.05) is 18.2 Å². The highest BCUT2D eigenvalue weighted by molar-refractivity contribution is 5.50. The maximum absolute atomic E-state index is 5.97. The summed E-state index contributed by atoms with van der Waals surface area (Å²) in [6.07, 6.45) is 7.58. The van der Waals surface area contributed by atoms with Crippen molar-refractivity contribution in [3.05, 3.63) is 24.3 Å². The van der Waals surface area contributed by atoms with E-state index in [2.05, 4.69) is 25.2 Å². The third kappa shape index (κ3) is 5.83. The summed E-state index contributed by atoms with van der Waals surface area (Å²) in [5.41, 5.74) is 7.00.